The van der Waals surface area contributed by atoms with Gasteiger partial charge in [0.05, 0.1) is 4.90 Å². The molecule has 1 fully saturated rings. The van der Waals surface area contributed by atoms with Gasteiger partial charge in [-0.25, -0.2) is 13.2 Å². The highest BCUT2D eigenvalue weighted by Gasteiger charge is 2.24. The Morgan fingerprint density at radius 2 is 1.70 bits per heavy atom. The van der Waals surface area contributed by atoms with Crippen LogP contribution in [0.2, 0.25) is 0 Å². The number of amides is 2. The van der Waals surface area contributed by atoms with Crippen molar-refractivity contribution in [3.05, 3.63) is 59.2 Å². The zero-order valence-corrected chi connectivity index (χ0v) is 20.8. The Morgan fingerprint density at radius 1 is 1.06 bits per heavy atom. The van der Waals surface area contributed by atoms with Gasteiger partial charge in [-0.05, 0) is 48.7 Å². The second kappa shape index (κ2) is 11.0. The molecule has 0 atom stereocenters. The number of likely N-dealkylation sites (tertiary alicyclic amines) is 1. The minimum absolute atomic E-state index is 0.106. The molecule has 1 heterocycles. The van der Waals surface area contributed by atoms with Gasteiger partial charge in [-0.2, -0.15) is 4.31 Å². The highest BCUT2D eigenvalue weighted by atomic mass is 32.2. The molecule has 8 heteroatoms. The van der Waals surface area contributed by atoms with Gasteiger partial charge in [0, 0.05) is 45.6 Å². The van der Waals surface area contributed by atoms with E-state index in [-0.39, 0.29) is 17.0 Å². The van der Waals surface area contributed by atoms with E-state index in [1.165, 1.54) is 9.87 Å². The number of carbonyl (C=O) groups excluding carboxylic acids is 1. The zero-order chi connectivity index (χ0) is 24.0. The molecule has 0 aliphatic carbocycles. The molecule has 2 amide bonds. The maximum atomic E-state index is 12.6. The van der Waals surface area contributed by atoms with Crippen LogP contribution in [0.15, 0.2) is 47.4 Å². The molecule has 0 unspecified atom stereocenters. The van der Waals surface area contributed by atoms with Gasteiger partial charge in [0.1, 0.15) is 11.9 Å². The lowest BCUT2D eigenvalue weighted by molar-refractivity contribution is 0.110. The van der Waals surface area contributed by atoms with Crippen LogP contribution in [0, 0.1) is 13.8 Å². The van der Waals surface area contributed by atoms with E-state index in [1.807, 2.05) is 25.7 Å². The summed E-state index contributed by atoms with van der Waals surface area (Å²) in [6.07, 6.45) is 1.69. The Balaban J connectivity index is 1.48. The molecule has 33 heavy (non-hydrogen) atoms. The number of hydrogen-bond acceptors (Lipinski definition) is 4. The summed E-state index contributed by atoms with van der Waals surface area (Å²) in [5.41, 5.74) is 3.15. The second-order valence-electron chi connectivity index (χ2n) is 8.47. The first-order chi connectivity index (χ1) is 15.7. The second-order valence-corrected chi connectivity index (χ2v) is 10.4. The number of rotatable bonds is 8. The lowest BCUT2D eigenvalue weighted by Crippen LogP contribution is -2.46. The first-order valence-electron chi connectivity index (χ1n) is 11.6. The molecule has 0 radical (unpaired) electrons. The fourth-order valence-corrected chi connectivity index (χ4v) is 5.43. The smallest absolute Gasteiger partial charge is 0.317 e. The number of aryl methyl sites for hydroxylation is 2. The van der Waals surface area contributed by atoms with Crippen LogP contribution in [0.25, 0.3) is 0 Å². The Bertz CT molecular complexity index is 1040. The molecular formula is C25H35N3O4S. The molecule has 180 valence electrons. The third kappa shape index (κ3) is 6.26. The normalized spacial score (nSPS) is 15.0. The number of sulfonamides is 1. The van der Waals surface area contributed by atoms with Gasteiger partial charge >= 0.3 is 6.03 Å². The molecule has 1 saturated heterocycles. The molecule has 2 aromatic carbocycles. The maximum Gasteiger partial charge on any atom is 0.317 e. The summed E-state index contributed by atoms with van der Waals surface area (Å²) in [5.74, 6) is 0.921. The molecule has 0 spiro atoms. The first kappa shape index (κ1) is 25.1. The first-order valence-corrected chi connectivity index (χ1v) is 13.0. The van der Waals surface area contributed by atoms with Crippen molar-refractivity contribution in [1.82, 2.24) is 14.5 Å². The van der Waals surface area contributed by atoms with E-state index >= 15 is 0 Å². The van der Waals surface area contributed by atoms with E-state index in [9.17, 15) is 13.2 Å². The topological polar surface area (TPSA) is 79.0 Å². The molecule has 1 N–H and O–H groups in total. The fraction of sp³-hybridized carbons (Fsp3) is 0.480. The Morgan fingerprint density at radius 3 is 2.30 bits per heavy atom. The quantitative estimate of drug-likeness (QED) is 0.626. The summed E-state index contributed by atoms with van der Waals surface area (Å²) in [7, 11) is -3.47. The molecule has 1 aliphatic rings. The van der Waals surface area contributed by atoms with Crippen LogP contribution in [0.1, 0.15) is 43.4 Å². The molecule has 0 bridgehead atoms. The van der Waals surface area contributed by atoms with Crippen LogP contribution in [-0.4, -0.2) is 55.9 Å². The van der Waals surface area contributed by atoms with Crippen molar-refractivity contribution in [3.8, 4) is 5.75 Å². The van der Waals surface area contributed by atoms with Crippen LogP contribution in [0.4, 0.5) is 4.79 Å². The van der Waals surface area contributed by atoms with Crippen molar-refractivity contribution in [1.29, 1.82) is 0 Å². The third-order valence-electron chi connectivity index (χ3n) is 6.08. The number of carbonyl (C=O) groups is 1. The molecule has 1 aliphatic heterocycles. The predicted molar refractivity (Wildman–Crippen MR) is 130 cm³/mol. The van der Waals surface area contributed by atoms with Crippen LogP contribution in [0.3, 0.4) is 0 Å². The largest absolute Gasteiger partial charge is 0.490 e. The van der Waals surface area contributed by atoms with Gasteiger partial charge < -0.3 is 15.0 Å². The van der Waals surface area contributed by atoms with Crippen molar-refractivity contribution >= 4 is 16.1 Å². The molecule has 3 rings (SSSR count). The number of ether oxygens (including phenoxy) is 1. The summed E-state index contributed by atoms with van der Waals surface area (Å²) in [4.78, 5) is 14.7. The monoisotopic (exact) mass is 473 g/mol. The average Bonchev–Trinajstić information content (AvgIpc) is 2.81. The van der Waals surface area contributed by atoms with Gasteiger partial charge in [-0.1, -0.05) is 38.1 Å². The minimum Gasteiger partial charge on any atom is -0.490 e. The van der Waals surface area contributed by atoms with E-state index in [0.717, 1.165) is 29.7 Å². The summed E-state index contributed by atoms with van der Waals surface area (Å²) < 4.78 is 32.8. The van der Waals surface area contributed by atoms with E-state index in [1.54, 1.807) is 24.3 Å². The van der Waals surface area contributed by atoms with Crippen molar-refractivity contribution in [2.24, 2.45) is 0 Å². The van der Waals surface area contributed by atoms with E-state index in [2.05, 4.69) is 30.4 Å². The number of hydrogen-bond donors (Lipinski definition) is 1. The van der Waals surface area contributed by atoms with E-state index < -0.39 is 10.0 Å². The minimum atomic E-state index is -3.47. The lowest BCUT2D eigenvalue weighted by Gasteiger charge is -2.32. The number of nitrogens with one attached hydrogen (secondary N) is 1. The summed E-state index contributed by atoms with van der Waals surface area (Å²) >= 11 is 0. The Hall–Kier alpha value is -2.58. The van der Waals surface area contributed by atoms with Crippen molar-refractivity contribution < 1.29 is 17.9 Å². The van der Waals surface area contributed by atoms with Crippen molar-refractivity contribution in [2.75, 3.05) is 26.2 Å². The number of urea groups is 1. The zero-order valence-electron chi connectivity index (χ0n) is 20.0. The fourth-order valence-electron chi connectivity index (χ4n) is 3.97. The summed E-state index contributed by atoms with van der Waals surface area (Å²) in [6.45, 7) is 10.2. The van der Waals surface area contributed by atoms with Crippen LogP contribution in [0.5, 0.6) is 5.75 Å². The standard InChI is InChI=1S/C25H35N3O4S/c1-5-28(6-2)33(30,31)23-11-9-21(10-12-23)18-26-25(29)27-15-13-22(14-16-27)32-24-17-19(3)7-8-20(24)4/h7-12,17,22H,5-6,13-16,18H2,1-4H3,(H,26,29). The Kier molecular flexibility index (Phi) is 8.37. The predicted octanol–water partition coefficient (Wildman–Crippen LogP) is 4.09. The number of nitrogens with zero attached hydrogens (tertiary/aromatic N) is 2. The van der Waals surface area contributed by atoms with Gasteiger partial charge in [0.15, 0.2) is 0 Å². The van der Waals surface area contributed by atoms with Crippen molar-refractivity contribution in [3.63, 3.8) is 0 Å². The number of benzene rings is 2. The summed E-state index contributed by atoms with van der Waals surface area (Å²) in [5, 5.41) is 2.94. The van der Waals surface area contributed by atoms with E-state index in [0.29, 0.717) is 32.7 Å². The third-order valence-corrected chi connectivity index (χ3v) is 8.14. The van der Waals surface area contributed by atoms with E-state index in [4.69, 9.17) is 4.74 Å². The molecule has 0 saturated carbocycles. The molecule has 0 aromatic heterocycles. The van der Waals surface area contributed by atoms with Crippen molar-refractivity contribution in [2.45, 2.75) is 58.1 Å². The number of piperidine rings is 1. The van der Waals surface area contributed by atoms with Gasteiger partial charge in [0.2, 0.25) is 10.0 Å². The Labute approximate surface area is 197 Å². The highest BCUT2D eigenvalue weighted by molar-refractivity contribution is 7.89. The highest BCUT2D eigenvalue weighted by Crippen LogP contribution is 2.24. The van der Waals surface area contributed by atoms with Crippen LogP contribution >= 0.6 is 0 Å². The van der Waals surface area contributed by atoms with Crippen LogP contribution in [-0.2, 0) is 16.6 Å². The van der Waals surface area contributed by atoms with Gasteiger partial charge in [-0.3, -0.25) is 0 Å². The maximum absolute atomic E-state index is 12.6. The molecule has 2 aromatic rings. The van der Waals surface area contributed by atoms with Gasteiger partial charge in [0.25, 0.3) is 0 Å². The SMILES string of the molecule is CCN(CC)S(=O)(=O)c1ccc(CNC(=O)N2CCC(Oc3cc(C)ccc3C)CC2)cc1. The molecular weight excluding hydrogens is 438 g/mol. The van der Waals surface area contributed by atoms with Crippen LogP contribution < -0.4 is 10.1 Å². The van der Waals surface area contributed by atoms with Gasteiger partial charge in [-0.15, -0.1) is 0 Å². The summed E-state index contributed by atoms with van der Waals surface area (Å²) in [6, 6.07) is 12.8. The lowest BCUT2D eigenvalue weighted by atomic mass is 10.1. The molecule has 7 nitrogen and oxygen atoms in total. The average molecular weight is 474 g/mol.